The predicted octanol–water partition coefficient (Wildman–Crippen LogP) is 1.86. The van der Waals surface area contributed by atoms with Gasteiger partial charge in [-0.25, -0.2) is 0 Å². The highest BCUT2D eigenvalue weighted by molar-refractivity contribution is 5.92. The van der Waals surface area contributed by atoms with E-state index in [0.717, 1.165) is 0 Å². The minimum Gasteiger partial charge on any atom is -0.348 e. The van der Waals surface area contributed by atoms with Crippen LogP contribution in [0, 0.1) is 5.92 Å². The lowest BCUT2D eigenvalue weighted by Gasteiger charge is -2.16. The fourth-order valence-corrected chi connectivity index (χ4v) is 0.944. The SMILES string of the molecule is CC(C)[C@@H](C)NC(=O)c1ccccn1. The molecule has 1 amide bonds. The molecule has 0 spiro atoms. The molecule has 0 aliphatic heterocycles. The third-order valence-corrected chi connectivity index (χ3v) is 2.26. The van der Waals surface area contributed by atoms with Gasteiger partial charge in [-0.3, -0.25) is 9.78 Å². The number of hydrogen-bond donors (Lipinski definition) is 1. The lowest BCUT2D eigenvalue weighted by atomic mass is 10.1. The van der Waals surface area contributed by atoms with Crippen LogP contribution in [0.3, 0.4) is 0 Å². The molecule has 0 aromatic carbocycles. The zero-order valence-electron chi connectivity index (χ0n) is 8.82. The van der Waals surface area contributed by atoms with Crippen LogP contribution in [-0.4, -0.2) is 16.9 Å². The number of aromatic nitrogens is 1. The number of pyridine rings is 1. The Kier molecular flexibility index (Phi) is 3.63. The molecule has 0 saturated carbocycles. The molecule has 1 N–H and O–H groups in total. The van der Waals surface area contributed by atoms with Crippen LogP contribution < -0.4 is 5.32 Å². The van der Waals surface area contributed by atoms with Gasteiger partial charge < -0.3 is 5.32 Å². The van der Waals surface area contributed by atoms with Crippen molar-refractivity contribution in [3.05, 3.63) is 30.1 Å². The number of rotatable bonds is 3. The van der Waals surface area contributed by atoms with Gasteiger partial charge in [-0.15, -0.1) is 0 Å². The van der Waals surface area contributed by atoms with E-state index in [9.17, 15) is 4.79 Å². The topological polar surface area (TPSA) is 42.0 Å². The highest BCUT2D eigenvalue weighted by Gasteiger charge is 2.12. The molecule has 1 rings (SSSR count). The van der Waals surface area contributed by atoms with E-state index in [2.05, 4.69) is 24.1 Å². The molecule has 0 fully saturated rings. The van der Waals surface area contributed by atoms with Gasteiger partial charge in [0, 0.05) is 12.2 Å². The number of carbonyl (C=O) groups excluding carboxylic acids is 1. The monoisotopic (exact) mass is 192 g/mol. The number of carbonyl (C=O) groups is 1. The molecular formula is C11H16N2O. The van der Waals surface area contributed by atoms with Gasteiger partial charge in [0.2, 0.25) is 0 Å². The molecule has 1 heterocycles. The summed E-state index contributed by atoms with van der Waals surface area (Å²) < 4.78 is 0. The number of nitrogens with zero attached hydrogens (tertiary/aromatic N) is 1. The summed E-state index contributed by atoms with van der Waals surface area (Å²) in [5.41, 5.74) is 0.472. The third-order valence-electron chi connectivity index (χ3n) is 2.26. The van der Waals surface area contributed by atoms with E-state index in [-0.39, 0.29) is 11.9 Å². The molecule has 0 aliphatic rings. The molecule has 3 nitrogen and oxygen atoms in total. The predicted molar refractivity (Wildman–Crippen MR) is 56.0 cm³/mol. The first-order chi connectivity index (χ1) is 6.61. The summed E-state index contributed by atoms with van der Waals surface area (Å²) in [6.45, 7) is 6.14. The summed E-state index contributed by atoms with van der Waals surface area (Å²) in [6, 6.07) is 5.48. The quantitative estimate of drug-likeness (QED) is 0.794. The molecule has 3 heteroatoms. The molecule has 1 aromatic rings. The van der Waals surface area contributed by atoms with Crippen molar-refractivity contribution < 1.29 is 4.79 Å². The van der Waals surface area contributed by atoms with E-state index in [1.807, 2.05) is 13.0 Å². The summed E-state index contributed by atoms with van der Waals surface area (Å²) in [4.78, 5) is 15.6. The first kappa shape index (κ1) is 10.7. The molecule has 0 bridgehead atoms. The fourth-order valence-electron chi connectivity index (χ4n) is 0.944. The Bertz CT molecular complexity index is 295. The van der Waals surface area contributed by atoms with E-state index in [4.69, 9.17) is 0 Å². The molecular weight excluding hydrogens is 176 g/mol. The Balaban J connectivity index is 2.60. The first-order valence-electron chi connectivity index (χ1n) is 4.83. The second-order valence-corrected chi connectivity index (χ2v) is 3.72. The third kappa shape index (κ3) is 2.83. The summed E-state index contributed by atoms with van der Waals surface area (Å²) in [5.74, 6) is 0.328. The standard InChI is InChI=1S/C11H16N2O/c1-8(2)9(3)13-11(14)10-6-4-5-7-12-10/h4-9H,1-3H3,(H,13,14)/t9-/m1/s1. The minimum atomic E-state index is -0.105. The number of amides is 1. The van der Waals surface area contributed by atoms with Gasteiger partial charge in [0.05, 0.1) is 0 Å². The molecule has 0 saturated heterocycles. The lowest BCUT2D eigenvalue weighted by Crippen LogP contribution is -2.36. The van der Waals surface area contributed by atoms with Crippen molar-refractivity contribution in [1.29, 1.82) is 0 Å². The van der Waals surface area contributed by atoms with E-state index < -0.39 is 0 Å². The smallest absolute Gasteiger partial charge is 0.270 e. The van der Waals surface area contributed by atoms with Crippen molar-refractivity contribution in [1.82, 2.24) is 10.3 Å². The molecule has 0 unspecified atom stereocenters. The van der Waals surface area contributed by atoms with Crippen molar-refractivity contribution in [3.8, 4) is 0 Å². The van der Waals surface area contributed by atoms with Crippen LogP contribution in [0.4, 0.5) is 0 Å². The van der Waals surface area contributed by atoms with Crippen LogP contribution in [0.25, 0.3) is 0 Å². The molecule has 14 heavy (non-hydrogen) atoms. The number of nitrogens with one attached hydrogen (secondary N) is 1. The molecule has 76 valence electrons. The van der Waals surface area contributed by atoms with Crippen molar-refractivity contribution in [2.24, 2.45) is 5.92 Å². The Hall–Kier alpha value is -1.38. The largest absolute Gasteiger partial charge is 0.348 e. The van der Waals surface area contributed by atoms with E-state index in [1.165, 1.54) is 0 Å². The Morgan fingerprint density at radius 1 is 1.36 bits per heavy atom. The minimum absolute atomic E-state index is 0.105. The number of hydrogen-bond acceptors (Lipinski definition) is 2. The average Bonchev–Trinajstić information content (AvgIpc) is 2.19. The summed E-state index contributed by atoms with van der Waals surface area (Å²) >= 11 is 0. The highest BCUT2D eigenvalue weighted by Crippen LogP contribution is 2.01. The van der Waals surface area contributed by atoms with Gasteiger partial charge in [-0.1, -0.05) is 19.9 Å². The van der Waals surface area contributed by atoms with Gasteiger partial charge in [0.25, 0.3) is 5.91 Å². The maximum absolute atomic E-state index is 11.6. The van der Waals surface area contributed by atoms with Crippen molar-refractivity contribution in [2.45, 2.75) is 26.8 Å². The van der Waals surface area contributed by atoms with E-state index >= 15 is 0 Å². The van der Waals surface area contributed by atoms with Gasteiger partial charge in [0.1, 0.15) is 5.69 Å². The van der Waals surface area contributed by atoms with Crippen molar-refractivity contribution in [2.75, 3.05) is 0 Å². The molecule has 0 aliphatic carbocycles. The van der Waals surface area contributed by atoms with Gasteiger partial charge in [-0.05, 0) is 25.0 Å². The zero-order chi connectivity index (χ0) is 10.6. The summed E-state index contributed by atoms with van der Waals surface area (Å²) in [5, 5.41) is 2.89. The average molecular weight is 192 g/mol. The fraction of sp³-hybridized carbons (Fsp3) is 0.455. The molecule has 1 atom stereocenters. The van der Waals surface area contributed by atoms with Crippen LogP contribution in [0.15, 0.2) is 24.4 Å². The van der Waals surface area contributed by atoms with E-state index in [0.29, 0.717) is 11.6 Å². The van der Waals surface area contributed by atoms with Crippen LogP contribution in [-0.2, 0) is 0 Å². The normalized spacial score (nSPS) is 12.6. The second kappa shape index (κ2) is 4.74. The van der Waals surface area contributed by atoms with Gasteiger partial charge in [0.15, 0.2) is 0 Å². The Morgan fingerprint density at radius 3 is 2.57 bits per heavy atom. The van der Waals surface area contributed by atoms with Crippen LogP contribution in [0.5, 0.6) is 0 Å². The van der Waals surface area contributed by atoms with Crippen LogP contribution >= 0.6 is 0 Å². The summed E-state index contributed by atoms with van der Waals surface area (Å²) in [6.07, 6.45) is 1.62. The lowest BCUT2D eigenvalue weighted by molar-refractivity contribution is 0.0925. The van der Waals surface area contributed by atoms with Crippen molar-refractivity contribution in [3.63, 3.8) is 0 Å². The maximum atomic E-state index is 11.6. The Labute approximate surface area is 84.6 Å². The molecule has 0 radical (unpaired) electrons. The van der Waals surface area contributed by atoms with Crippen molar-refractivity contribution >= 4 is 5.91 Å². The second-order valence-electron chi connectivity index (χ2n) is 3.72. The van der Waals surface area contributed by atoms with E-state index in [1.54, 1.807) is 18.3 Å². The van der Waals surface area contributed by atoms with Crippen LogP contribution in [0.1, 0.15) is 31.3 Å². The highest BCUT2D eigenvalue weighted by atomic mass is 16.1. The van der Waals surface area contributed by atoms with Gasteiger partial charge >= 0.3 is 0 Å². The molecule has 1 aromatic heterocycles. The maximum Gasteiger partial charge on any atom is 0.270 e. The first-order valence-corrected chi connectivity index (χ1v) is 4.83. The zero-order valence-corrected chi connectivity index (χ0v) is 8.82. The summed E-state index contributed by atoms with van der Waals surface area (Å²) in [7, 11) is 0. The van der Waals surface area contributed by atoms with Gasteiger partial charge in [-0.2, -0.15) is 0 Å². The Morgan fingerprint density at radius 2 is 2.07 bits per heavy atom. The van der Waals surface area contributed by atoms with Crippen LogP contribution in [0.2, 0.25) is 0 Å².